The monoisotopic (exact) mass is 629 g/mol. The highest BCUT2D eigenvalue weighted by Gasteiger charge is 2.35. The summed E-state index contributed by atoms with van der Waals surface area (Å²) < 4.78 is 76.7. The first-order valence-corrected chi connectivity index (χ1v) is 13.9. The largest absolute Gasteiger partial charge is 0.530 e. The molecular weight excluding hydrogens is 610 g/mol. The first-order valence-electron chi connectivity index (χ1n) is 12.2. The second kappa shape index (κ2) is 11.4. The summed E-state index contributed by atoms with van der Waals surface area (Å²) >= 11 is 0.909. The van der Waals surface area contributed by atoms with Crippen LogP contribution in [-0.2, 0) is 12.6 Å². The van der Waals surface area contributed by atoms with Crippen LogP contribution in [0, 0.1) is 0 Å². The number of hydrogen-bond acceptors (Lipinski definition) is 8. The van der Waals surface area contributed by atoms with E-state index in [1.54, 1.807) is 4.90 Å². The second-order valence-corrected chi connectivity index (χ2v) is 11.2. The van der Waals surface area contributed by atoms with Crippen LogP contribution in [0.2, 0.25) is 0 Å². The molecule has 1 atom stereocenters. The van der Waals surface area contributed by atoms with Gasteiger partial charge >= 0.3 is 11.7 Å². The molecule has 17 heteroatoms. The minimum atomic E-state index is -4.65. The molecule has 1 aliphatic rings. The maximum Gasteiger partial charge on any atom is 0.449 e. The van der Waals surface area contributed by atoms with Crippen LogP contribution in [0.3, 0.4) is 0 Å². The Morgan fingerprint density at radius 3 is 2.48 bits per heavy atom. The van der Waals surface area contributed by atoms with E-state index < -0.39 is 35.6 Å². The molecule has 4 aromatic rings. The maximum absolute atomic E-state index is 12.9. The Labute approximate surface area is 241 Å². The first kappa shape index (κ1) is 29.5. The summed E-state index contributed by atoms with van der Waals surface area (Å²) in [6.07, 6.45) is -5.81. The average Bonchev–Trinajstić information content (AvgIpc) is 3.56. The van der Waals surface area contributed by atoms with E-state index in [1.165, 1.54) is 47.8 Å². The highest BCUT2D eigenvalue weighted by molar-refractivity contribution is 8.00. The number of halogens is 6. The molecule has 222 valence electrons. The number of rotatable bonds is 6. The van der Waals surface area contributed by atoms with E-state index in [0.29, 0.717) is 10.7 Å². The van der Waals surface area contributed by atoms with Gasteiger partial charge in [-0.05, 0) is 54.1 Å². The minimum Gasteiger partial charge on any atom is -0.530 e. The number of piperazine rings is 1. The molecule has 0 aliphatic carbocycles. The van der Waals surface area contributed by atoms with Crippen molar-refractivity contribution >= 4 is 57.0 Å². The molecule has 1 fully saturated rings. The summed E-state index contributed by atoms with van der Waals surface area (Å²) in [5.74, 6) is -1.76. The van der Waals surface area contributed by atoms with Crippen molar-refractivity contribution in [2.75, 3.05) is 29.9 Å². The molecule has 0 bridgehead atoms. The number of benzene rings is 2. The van der Waals surface area contributed by atoms with Gasteiger partial charge in [0, 0.05) is 35.6 Å². The first-order chi connectivity index (χ1) is 19.7. The summed E-state index contributed by atoms with van der Waals surface area (Å²) in [6.45, 7) is 0.540. The van der Waals surface area contributed by atoms with Gasteiger partial charge in [0.15, 0.2) is 5.13 Å². The Balaban J connectivity index is 1.26. The fourth-order valence-corrected chi connectivity index (χ4v) is 5.86. The molecule has 3 heterocycles. The minimum absolute atomic E-state index is 0.0115. The lowest BCUT2D eigenvalue weighted by Gasteiger charge is -2.43. The number of thioether (sulfide) groups is 1. The summed E-state index contributed by atoms with van der Waals surface area (Å²) in [7, 11) is 0. The summed E-state index contributed by atoms with van der Waals surface area (Å²) in [4.78, 5) is 37.6. The molecule has 0 saturated carbocycles. The third-order valence-corrected chi connectivity index (χ3v) is 7.99. The Morgan fingerprint density at radius 1 is 1.07 bits per heavy atom. The number of carbonyl (C=O) groups is 2. The van der Waals surface area contributed by atoms with Crippen molar-refractivity contribution in [3.63, 3.8) is 0 Å². The number of alkyl halides is 6. The molecule has 0 spiro atoms. The molecule has 0 radical (unpaired) electrons. The lowest BCUT2D eigenvalue weighted by Crippen LogP contribution is -2.59. The number of H-pyrrole nitrogens is 1. The lowest BCUT2D eigenvalue weighted by atomic mass is 10.0. The molecule has 1 aliphatic heterocycles. The van der Waals surface area contributed by atoms with Gasteiger partial charge in [-0.25, -0.2) is 9.97 Å². The highest BCUT2D eigenvalue weighted by atomic mass is 32.2. The number of carboxylic acid groups (broad SMARTS) is 1. The molecule has 42 heavy (non-hydrogen) atoms. The van der Waals surface area contributed by atoms with Gasteiger partial charge in [0.25, 0.3) is 5.91 Å². The van der Waals surface area contributed by atoms with Crippen LogP contribution in [0.5, 0.6) is 0 Å². The zero-order valence-electron chi connectivity index (χ0n) is 21.1. The van der Waals surface area contributed by atoms with E-state index in [9.17, 15) is 41.0 Å². The number of thiazole rings is 1. The quantitative estimate of drug-likeness (QED) is 0.228. The predicted octanol–water partition coefficient (Wildman–Crippen LogP) is 4.98. The summed E-state index contributed by atoms with van der Waals surface area (Å²) in [6, 6.07) is 9.14. The van der Waals surface area contributed by atoms with Gasteiger partial charge in [0.1, 0.15) is 11.8 Å². The number of aromatic nitrogens is 3. The number of hydrogen-bond donors (Lipinski definition) is 2. The number of imidazole rings is 1. The molecule has 5 rings (SSSR count). The van der Waals surface area contributed by atoms with E-state index >= 15 is 0 Å². The predicted molar refractivity (Wildman–Crippen MR) is 141 cm³/mol. The number of fused-ring (bicyclic) bond motifs is 1. The molecule has 2 aromatic carbocycles. The Morgan fingerprint density at radius 2 is 1.81 bits per heavy atom. The van der Waals surface area contributed by atoms with Crippen LogP contribution in [0.15, 0.2) is 52.7 Å². The van der Waals surface area contributed by atoms with E-state index in [4.69, 9.17) is 0 Å². The smallest absolute Gasteiger partial charge is 0.449 e. The van der Waals surface area contributed by atoms with E-state index in [-0.39, 0.29) is 65.1 Å². The van der Waals surface area contributed by atoms with Crippen LogP contribution in [0.1, 0.15) is 21.9 Å². The van der Waals surface area contributed by atoms with Crippen LogP contribution < -0.4 is 15.3 Å². The second-order valence-electron chi connectivity index (χ2n) is 9.24. The van der Waals surface area contributed by atoms with Gasteiger partial charge in [-0.1, -0.05) is 12.1 Å². The molecule has 1 saturated heterocycles. The van der Waals surface area contributed by atoms with E-state index in [1.807, 2.05) is 0 Å². The number of aromatic amines is 1. The zero-order chi connectivity index (χ0) is 30.2. The standard InChI is InChI=1S/C25H20F6N6O3S2/c26-24(27,28)21-33-17-6-3-14(10-18(17)34-21)32-20(38)19-12-41-22(35-19)36-7-8-37(23(39)40)15(11-36)9-13-1-4-16(5-2-13)42-25(29,30)31/h1-6,10,12,15H,7-9,11H2,(H,32,38)(H,33,34)(H,39,40)/p-1. The Hall–Kier alpha value is -3.99. The van der Waals surface area contributed by atoms with E-state index in [0.717, 1.165) is 16.2 Å². The molecule has 2 N–H and O–H groups in total. The van der Waals surface area contributed by atoms with Crippen LogP contribution in [-0.4, -0.2) is 63.0 Å². The van der Waals surface area contributed by atoms with E-state index in [2.05, 4.69) is 20.3 Å². The van der Waals surface area contributed by atoms with Crippen molar-refractivity contribution in [2.24, 2.45) is 0 Å². The van der Waals surface area contributed by atoms with Gasteiger partial charge in [-0.2, -0.15) is 26.3 Å². The number of anilines is 2. The normalized spacial score (nSPS) is 16.2. The van der Waals surface area contributed by atoms with Crippen molar-refractivity contribution in [1.82, 2.24) is 19.9 Å². The zero-order valence-corrected chi connectivity index (χ0v) is 22.8. The van der Waals surface area contributed by atoms with Gasteiger partial charge in [-0.15, -0.1) is 11.3 Å². The van der Waals surface area contributed by atoms with Gasteiger partial charge in [-0.3, -0.25) is 4.79 Å². The lowest BCUT2D eigenvalue weighted by molar-refractivity contribution is -0.268. The topological polar surface area (TPSA) is 117 Å². The van der Waals surface area contributed by atoms with Crippen molar-refractivity contribution in [3.05, 3.63) is 64.9 Å². The molecule has 1 unspecified atom stereocenters. The Kier molecular flexibility index (Phi) is 7.98. The Bertz CT molecular complexity index is 1600. The van der Waals surface area contributed by atoms with Gasteiger partial charge < -0.3 is 30.0 Å². The number of amides is 2. The fourth-order valence-electron chi connectivity index (χ4n) is 4.47. The maximum atomic E-state index is 12.9. The molecule has 2 amide bonds. The van der Waals surface area contributed by atoms with Crippen molar-refractivity contribution in [2.45, 2.75) is 29.0 Å². The average molecular weight is 630 g/mol. The summed E-state index contributed by atoms with van der Waals surface area (Å²) in [5, 5.41) is 16.3. The molecule has 9 nitrogen and oxygen atoms in total. The number of carbonyl (C=O) groups excluding carboxylic acids is 2. The van der Waals surface area contributed by atoms with Crippen molar-refractivity contribution in [1.29, 1.82) is 0 Å². The number of nitrogens with one attached hydrogen (secondary N) is 2. The van der Waals surface area contributed by atoms with Crippen molar-refractivity contribution in [3.8, 4) is 0 Å². The van der Waals surface area contributed by atoms with Crippen LogP contribution in [0.25, 0.3) is 11.0 Å². The van der Waals surface area contributed by atoms with Crippen LogP contribution >= 0.6 is 23.1 Å². The summed E-state index contributed by atoms with van der Waals surface area (Å²) in [5.41, 5.74) is -3.35. The molecular formula is C25H19F6N6O3S2-. The number of nitrogens with zero attached hydrogens (tertiary/aromatic N) is 4. The third kappa shape index (κ3) is 6.89. The SMILES string of the molecule is O=C(Nc1ccc2nc(C(F)(F)F)[nH]c2c1)c1csc(N2CCN(C(=O)[O-])C(Cc3ccc(SC(F)(F)F)cc3)C2)n1. The van der Waals surface area contributed by atoms with Crippen molar-refractivity contribution < 1.29 is 41.0 Å². The highest BCUT2D eigenvalue weighted by Crippen LogP contribution is 2.37. The van der Waals surface area contributed by atoms with Gasteiger partial charge in [0.2, 0.25) is 5.82 Å². The van der Waals surface area contributed by atoms with Crippen LogP contribution in [0.4, 0.5) is 42.0 Å². The fraction of sp³-hybridized carbons (Fsp3) is 0.280. The third-order valence-electron chi connectivity index (χ3n) is 6.35. The van der Waals surface area contributed by atoms with Gasteiger partial charge in [0.05, 0.1) is 17.1 Å². The molecule has 2 aromatic heterocycles.